The lowest BCUT2D eigenvalue weighted by molar-refractivity contribution is 0.563. The average molecular weight is 338 g/mol. The first-order valence-electron chi connectivity index (χ1n) is 8.42. The van der Waals surface area contributed by atoms with Gasteiger partial charge in [0.05, 0.1) is 17.4 Å². The molecule has 0 bridgehead atoms. The minimum absolute atomic E-state index is 0.0941. The SMILES string of the molecule is O=c1c2ccccc2nc(N2CCNCC2)n1Cc1cccc(F)c1. The number of hydrogen-bond donors (Lipinski definition) is 1. The summed E-state index contributed by atoms with van der Waals surface area (Å²) in [6.45, 7) is 3.57. The van der Waals surface area contributed by atoms with Crippen LogP contribution in [0.25, 0.3) is 10.9 Å². The Morgan fingerprint density at radius 1 is 1.08 bits per heavy atom. The molecule has 0 spiro atoms. The van der Waals surface area contributed by atoms with Crippen molar-refractivity contribution in [2.45, 2.75) is 6.54 Å². The summed E-state index contributed by atoms with van der Waals surface area (Å²) in [6, 6.07) is 13.7. The van der Waals surface area contributed by atoms with Crippen LogP contribution in [0.5, 0.6) is 0 Å². The molecule has 1 aliphatic rings. The third-order valence-corrected chi connectivity index (χ3v) is 4.47. The Morgan fingerprint density at radius 2 is 1.88 bits per heavy atom. The Balaban J connectivity index is 1.87. The molecule has 6 heteroatoms. The highest BCUT2D eigenvalue weighted by Gasteiger charge is 2.19. The van der Waals surface area contributed by atoms with Crippen LogP contribution in [0.2, 0.25) is 0 Å². The van der Waals surface area contributed by atoms with Crippen molar-refractivity contribution < 1.29 is 4.39 Å². The molecular formula is C19H19FN4O. The lowest BCUT2D eigenvalue weighted by Crippen LogP contribution is -2.46. The van der Waals surface area contributed by atoms with Gasteiger partial charge < -0.3 is 10.2 Å². The molecule has 2 heterocycles. The molecule has 25 heavy (non-hydrogen) atoms. The molecule has 0 amide bonds. The van der Waals surface area contributed by atoms with Crippen molar-refractivity contribution in [2.75, 3.05) is 31.1 Å². The standard InChI is InChI=1S/C19H19FN4O/c20-15-5-3-4-14(12-15)13-24-18(25)16-6-1-2-7-17(16)22-19(24)23-10-8-21-9-11-23/h1-7,12,21H,8-11,13H2. The van der Waals surface area contributed by atoms with E-state index in [1.54, 1.807) is 16.7 Å². The Kier molecular flexibility index (Phi) is 4.19. The van der Waals surface area contributed by atoms with Gasteiger partial charge in [-0.25, -0.2) is 9.37 Å². The molecule has 0 radical (unpaired) electrons. The zero-order valence-corrected chi connectivity index (χ0v) is 13.8. The lowest BCUT2D eigenvalue weighted by atomic mass is 10.2. The van der Waals surface area contributed by atoms with Gasteiger partial charge in [0.25, 0.3) is 5.56 Å². The molecule has 4 rings (SSSR count). The second-order valence-corrected chi connectivity index (χ2v) is 6.19. The number of halogens is 1. The fourth-order valence-corrected chi connectivity index (χ4v) is 3.22. The molecular weight excluding hydrogens is 319 g/mol. The number of para-hydroxylation sites is 1. The van der Waals surface area contributed by atoms with Crippen LogP contribution in [0.4, 0.5) is 10.3 Å². The van der Waals surface area contributed by atoms with Crippen molar-refractivity contribution in [3.8, 4) is 0 Å². The number of aromatic nitrogens is 2. The smallest absolute Gasteiger partial charge is 0.263 e. The van der Waals surface area contributed by atoms with Gasteiger partial charge in [-0.15, -0.1) is 0 Å². The highest BCUT2D eigenvalue weighted by Crippen LogP contribution is 2.17. The maximum atomic E-state index is 13.6. The maximum absolute atomic E-state index is 13.6. The van der Waals surface area contributed by atoms with Gasteiger partial charge in [-0.2, -0.15) is 0 Å². The fourth-order valence-electron chi connectivity index (χ4n) is 3.22. The van der Waals surface area contributed by atoms with Gasteiger partial charge in [0.1, 0.15) is 5.82 Å². The Bertz CT molecular complexity index is 963. The molecule has 2 aromatic carbocycles. The van der Waals surface area contributed by atoms with Crippen LogP contribution in [0, 0.1) is 5.82 Å². The number of hydrogen-bond acceptors (Lipinski definition) is 4. The van der Waals surface area contributed by atoms with Crippen molar-refractivity contribution in [3.05, 3.63) is 70.3 Å². The Morgan fingerprint density at radius 3 is 2.68 bits per heavy atom. The van der Waals surface area contributed by atoms with Crippen molar-refractivity contribution >= 4 is 16.9 Å². The monoisotopic (exact) mass is 338 g/mol. The molecule has 0 saturated carbocycles. The molecule has 1 saturated heterocycles. The van der Waals surface area contributed by atoms with Gasteiger partial charge >= 0.3 is 0 Å². The maximum Gasteiger partial charge on any atom is 0.263 e. The van der Waals surface area contributed by atoms with E-state index in [-0.39, 0.29) is 11.4 Å². The first-order chi connectivity index (χ1) is 12.2. The first kappa shape index (κ1) is 15.8. The summed E-state index contributed by atoms with van der Waals surface area (Å²) in [5.41, 5.74) is 1.34. The van der Waals surface area contributed by atoms with E-state index in [1.165, 1.54) is 12.1 Å². The molecule has 1 aliphatic heterocycles. The molecule has 0 aliphatic carbocycles. The van der Waals surface area contributed by atoms with E-state index in [0.717, 1.165) is 31.7 Å². The molecule has 0 atom stereocenters. The molecule has 1 fully saturated rings. The van der Waals surface area contributed by atoms with Crippen LogP contribution in [0.3, 0.4) is 0 Å². The Hall–Kier alpha value is -2.73. The van der Waals surface area contributed by atoms with Gasteiger partial charge in [-0.1, -0.05) is 24.3 Å². The predicted molar refractivity (Wildman–Crippen MR) is 96.6 cm³/mol. The summed E-state index contributed by atoms with van der Waals surface area (Å²) < 4.78 is 15.2. The van der Waals surface area contributed by atoms with Gasteiger partial charge in [0.15, 0.2) is 0 Å². The van der Waals surface area contributed by atoms with Crippen molar-refractivity contribution in [3.63, 3.8) is 0 Å². The van der Waals surface area contributed by atoms with E-state index in [2.05, 4.69) is 10.2 Å². The highest BCUT2D eigenvalue weighted by atomic mass is 19.1. The van der Waals surface area contributed by atoms with Crippen LogP contribution in [0.1, 0.15) is 5.56 Å². The molecule has 1 N–H and O–H groups in total. The number of piperazine rings is 1. The minimum Gasteiger partial charge on any atom is -0.340 e. The molecule has 5 nitrogen and oxygen atoms in total. The van der Waals surface area contributed by atoms with Crippen LogP contribution in [-0.2, 0) is 6.54 Å². The Labute approximate surface area is 144 Å². The predicted octanol–water partition coefficient (Wildman–Crippen LogP) is 1.99. The zero-order valence-electron chi connectivity index (χ0n) is 13.8. The number of nitrogens with zero attached hydrogens (tertiary/aromatic N) is 3. The molecule has 128 valence electrons. The van der Waals surface area contributed by atoms with Crippen LogP contribution < -0.4 is 15.8 Å². The number of nitrogens with one attached hydrogen (secondary N) is 1. The number of rotatable bonds is 3. The summed E-state index contributed by atoms with van der Waals surface area (Å²) >= 11 is 0. The van der Waals surface area contributed by atoms with Crippen LogP contribution in [0.15, 0.2) is 53.3 Å². The largest absolute Gasteiger partial charge is 0.340 e. The summed E-state index contributed by atoms with van der Waals surface area (Å²) in [4.78, 5) is 19.9. The highest BCUT2D eigenvalue weighted by molar-refractivity contribution is 5.78. The number of anilines is 1. The van der Waals surface area contributed by atoms with Gasteiger partial charge in [0.2, 0.25) is 5.95 Å². The quantitative estimate of drug-likeness (QED) is 0.794. The normalized spacial score (nSPS) is 14.8. The molecule has 3 aromatic rings. The average Bonchev–Trinajstić information content (AvgIpc) is 2.65. The van der Waals surface area contributed by atoms with E-state index < -0.39 is 0 Å². The summed E-state index contributed by atoms with van der Waals surface area (Å²) in [7, 11) is 0. The van der Waals surface area contributed by atoms with Crippen LogP contribution in [-0.4, -0.2) is 35.7 Å². The topological polar surface area (TPSA) is 50.2 Å². The van der Waals surface area contributed by atoms with E-state index in [9.17, 15) is 9.18 Å². The van der Waals surface area contributed by atoms with E-state index in [0.29, 0.717) is 23.4 Å². The van der Waals surface area contributed by atoms with Gasteiger partial charge in [0, 0.05) is 26.2 Å². The minimum atomic E-state index is -0.303. The molecule has 0 unspecified atom stereocenters. The van der Waals surface area contributed by atoms with E-state index in [1.807, 2.05) is 24.3 Å². The van der Waals surface area contributed by atoms with Crippen LogP contribution >= 0.6 is 0 Å². The van der Waals surface area contributed by atoms with Crippen molar-refractivity contribution in [1.29, 1.82) is 0 Å². The first-order valence-corrected chi connectivity index (χ1v) is 8.42. The fraction of sp³-hybridized carbons (Fsp3) is 0.263. The molecule has 1 aromatic heterocycles. The number of fused-ring (bicyclic) bond motifs is 1. The summed E-state index contributed by atoms with van der Waals surface area (Å²) in [5, 5.41) is 3.89. The van der Waals surface area contributed by atoms with Gasteiger partial charge in [-0.05, 0) is 29.8 Å². The lowest BCUT2D eigenvalue weighted by Gasteiger charge is -2.30. The third-order valence-electron chi connectivity index (χ3n) is 4.47. The van der Waals surface area contributed by atoms with Gasteiger partial charge in [-0.3, -0.25) is 9.36 Å². The summed E-state index contributed by atoms with van der Waals surface area (Å²) in [5.74, 6) is 0.345. The second-order valence-electron chi connectivity index (χ2n) is 6.19. The van der Waals surface area contributed by atoms with Crippen molar-refractivity contribution in [2.24, 2.45) is 0 Å². The second kappa shape index (κ2) is 6.64. The number of benzene rings is 2. The van der Waals surface area contributed by atoms with E-state index in [4.69, 9.17) is 4.98 Å². The van der Waals surface area contributed by atoms with Crippen molar-refractivity contribution in [1.82, 2.24) is 14.9 Å². The third kappa shape index (κ3) is 3.13. The summed E-state index contributed by atoms with van der Waals surface area (Å²) in [6.07, 6.45) is 0. The van der Waals surface area contributed by atoms with E-state index >= 15 is 0 Å². The zero-order chi connectivity index (χ0) is 17.2.